The van der Waals surface area contributed by atoms with Gasteiger partial charge in [-0.1, -0.05) is 170 Å². The predicted octanol–water partition coefficient (Wildman–Crippen LogP) is 14.9. The third kappa shape index (κ3) is 6.24. The van der Waals surface area contributed by atoms with E-state index in [0.717, 1.165) is 22.6 Å². The third-order valence-corrected chi connectivity index (χ3v) is 10.8. The Kier molecular flexibility index (Phi) is 8.55. The minimum Gasteiger partial charge on any atom is -0.310 e. The van der Waals surface area contributed by atoms with Crippen LogP contribution in [0.4, 0.5) is 17.1 Å². The van der Waals surface area contributed by atoms with Crippen LogP contribution in [-0.4, -0.2) is 4.57 Å². The molecular weight excluding hydrogens is 677 g/mol. The fraction of sp³-hybridized carbons (Fsp3) is 0. The van der Waals surface area contributed by atoms with E-state index in [2.05, 4.69) is 240 Å². The monoisotopic (exact) mass is 714 g/mol. The number of nitrogens with zero attached hydrogens (tertiary/aromatic N) is 2. The maximum Gasteiger partial charge on any atom is 0.0547 e. The number of hydrogen-bond acceptors (Lipinski definition) is 1. The molecule has 0 bridgehead atoms. The Bertz CT molecular complexity index is 2860. The predicted molar refractivity (Wildman–Crippen MR) is 237 cm³/mol. The van der Waals surface area contributed by atoms with Crippen molar-refractivity contribution in [3.8, 4) is 50.2 Å². The Hall–Kier alpha value is -7.42. The van der Waals surface area contributed by atoms with Gasteiger partial charge in [0.2, 0.25) is 0 Å². The van der Waals surface area contributed by atoms with Crippen LogP contribution < -0.4 is 4.90 Å². The number of hydrogen-bond donors (Lipinski definition) is 0. The lowest BCUT2D eigenvalue weighted by molar-refractivity contribution is 1.18. The molecule has 0 saturated heterocycles. The van der Waals surface area contributed by atoms with Gasteiger partial charge in [-0.2, -0.15) is 0 Å². The van der Waals surface area contributed by atoms with Gasteiger partial charge in [-0.3, -0.25) is 0 Å². The molecular formula is C54H38N2. The van der Waals surface area contributed by atoms with Gasteiger partial charge in [-0.25, -0.2) is 0 Å². The Morgan fingerprint density at radius 3 is 1.14 bits per heavy atom. The maximum absolute atomic E-state index is 2.38. The summed E-state index contributed by atoms with van der Waals surface area (Å²) in [6.45, 7) is 0. The Labute approximate surface area is 327 Å². The molecule has 0 amide bonds. The summed E-state index contributed by atoms with van der Waals surface area (Å²) < 4.78 is 2.38. The van der Waals surface area contributed by atoms with Crippen molar-refractivity contribution in [2.45, 2.75) is 0 Å². The SMILES string of the molecule is c1ccc(-c2cccc(N(c3cccc(-c4ccccc4)c3)c3cccc(-c4ccc(-c5ccc6c7ccccc7n(-c7ccccc7)c6c5)cc4)c3)c2)cc1. The number of aromatic nitrogens is 1. The number of para-hydroxylation sites is 2. The summed E-state index contributed by atoms with van der Waals surface area (Å²) >= 11 is 0. The number of anilines is 3. The minimum atomic E-state index is 1.10. The number of rotatable bonds is 8. The van der Waals surface area contributed by atoms with E-state index < -0.39 is 0 Å². The average molecular weight is 715 g/mol. The van der Waals surface area contributed by atoms with Crippen molar-refractivity contribution in [1.82, 2.24) is 4.57 Å². The van der Waals surface area contributed by atoms with Crippen molar-refractivity contribution in [3.05, 3.63) is 231 Å². The molecule has 0 aliphatic rings. The average Bonchev–Trinajstić information content (AvgIpc) is 3.61. The standard InChI is InChI=1S/C54H38N2/c1-4-15-39(16-5-1)43-19-12-24-48(35-43)55(49-25-13-20-44(36-49)40-17-6-2-7-18-40)50-26-14-21-45(37-50)41-29-31-42(32-30-41)46-33-34-52-51-27-10-11-28-53(51)56(54(52)38-46)47-22-8-3-9-23-47/h1-38H. The van der Waals surface area contributed by atoms with E-state index in [1.165, 1.54) is 66.4 Å². The van der Waals surface area contributed by atoms with Crippen molar-refractivity contribution in [2.24, 2.45) is 0 Å². The molecule has 2 nitrogen and oxygen atoms in total. The van der Waals surface area contributed by atoms with Gasteiger partial charge in [-0.15, -0.1) is 0 Å². The lowest BCUT2D eigenvalue weighted by Crippen LogP contribution is -2.10. The minimum absolute atomic E-state index is 1.10. The molecule has 9 aromatic carbocycles. The van der Waals surface area contributed by atoms with Crippen molar-refractivity contribution in [1.29, 1.82) is 0 Å². The van der Waals surface area contributed by atoms with E-state index in [1.807, 2.05) is 0 Å². The van der Waals surface area contributed by atoms with Gasteiger partial charge in [0, 0.05) is 33.5 Å². The van der Waals surface area contributed by atoms with Crippen molar-refractivity contribution < 1.29 is 0 Å². The summed E-state index contributed by atoms with van der Waals surface area (Å²) in [6, 6.07) is 83.0. The second-order valence-electron chi connectivity index (χ2n) is 14.2. The van der Waals surface area contributed by atoms with E-state index in [4.69, 9.17) is 0 Å². The van der Waals surface area contributed by atoms with Gasteiger partial charge in [0.1, 0.15) is 0 Å². The highest BCUT2D eigenvalue weighted by Gasteiger charge is 2.17. The highest BCUT2D eigenvalue weighted by atomic mass is 15.1. The zero-order valence-electron chi connectivity index (χ0n) is 30.8. The summed E-state index contributed by atoms with van der Waals surface area (Å²) in [7, 11) is 0. The van der Waals surface area contributed by atoms with Crippen molar-refractivity contribution in [3.63, 3.8) is 0 Å². The first-order chi connectivity index (χ1) is 27.8. The van der Waals surface area contributed by atoms with Crippen molar-refractivity contribution >= 4 is 38.9 Å². The Morgan fingerprint density at radius 2 is 0.625 bits per heavy atom. The van der Waals surface area contributed by atoms with E-state index in [0.29, 0.717) is 0 Å². The molecule has 264 valence electrons. The molecule has 1 heterocycles. The van der Waals surface area contributed by atoms with Crippen LogP contribution in [0.2, 0.25) is 0 Å². The van der Waals surface area contributed by atoms with Crippen LogP contribution in [0, 0.1) is 0 Å². The fourth-order valence-electron chi connectivity index (χ4n) is 8.04. The molecule has 0 saturated carbocycles. The van der Waals surface area contributed by atoms with Crippen LogP contribution in [0.3, 0.4) is 0 Å². The van der Waals surface area contributed by atoms with E-state index >= 15 is 0 Å². The first kappa shape index (κ1) is 33.2. The van der Waals surface area contributed by atoms with E-state index in [1.54, 1.807) is 0 Å². The molecule has 2 heteroatoms. The molecule has 0 N–H and O–H groups in total. The molecule has 10 rings (SSSR count). The lowest BCUT2D eigenvalue weighted by Gasteiger charge is -2.27. The van der Waals surface area contributed by atoms with Gasteiger partial charge in [0.05, 0.1) is 11.0 Å². The first-order valence-corrected chi connectivity index (χ1v) is 19.2. The van der Waals surface area contributed by atoms with Gasteiger partial charge in [0.15, 0.2) is 0 Å². The summed E-state index contributed by atoms with van der Waals surface area (Å²) in [4.78, 5) is 2.37. The van der Waals surface area contributed by atoms with Gasteiger partial charge >= 0.3 is 0 Å². The van der Waals surface area contributed by atoms with Gasteiger partial charge < -0.3 is 9.47 Å². The molecule has 0 aliphatic carbocycles. The topological polar surface area (TPSA) is 8.17 Å². The molecule has 0 fully saturated rings. The van der Waals surface area contributed by atoms with Crippen LogP contribution in [0.5, 0.6) is 0 Å². The smallest absolute Gasteiger partial charge is 0.0547 e. The highest BCUT2D eigenvalue weighted by molar-refractivity contribution is 6.10. The summed E-state index contributed by atoms with van der Waals surface area (Å²) in [5, 5.41) is 2.52. The molecule has 0 spiro atoms. The van der Waals surface area contributed by atoms with E-state index in [-0.39, 0.29) is 0 Å². The number of benzene rings is 9. The van der Waals surface area contributed by atoms with Crippen LogP contribution in [0.25, 0.3) is 72.0 Å². The summed E-state index contributed by atoms with van der Waals surface area (Å²) in [5.41, 5.74) is 16.4. The molecule has 10 aromatic rings. The third-order valence-electron chi connectivity index (χ3n) is 10.8. The van der Waals surface area contributed by atoms with Crippen molar-refractivity contribution in [2.75, 3.05) is 4.90 Å². The molecule has 0 aliphatic heterocycles. The highest BCUT2D eigenvalue weighted by Crippen LogP contribution is 2.40. The van der Waals surface area contributed by atoms with Crippen LogP contribution in [-0.2, 0) is 0 Å². The van der Waals surface area contributed by atoms with Gasteiger partial charge in [-0.05, 0) is 105 Å². The van der Waals surface area contributed by atoms with Crippen LogP contribution >= 0.6 is 0 Å². The Balaban J connectivity index is 1.03. The van der Waals surface area contributed by atoms with Crippen LogP contribution in [0.15, 0.2) is 231 Å². The Morgan fingerprint density at radius 1 is 0.250 bits per heavy atom. The fourth-order valence-corrected chi connectivity index (χ4v) is 8.04. The number of fused-ring (bicyclic) bond motifs is 3. The largest absolute Gasteiger partial charge is 0.310 e. The molecule has 0 atom stereocenters. The lowest BCUT2D eigenvalue weighted by atomic mass is 9.98. The second kappa shape index (κ2) is 14.4. The summed E-state index contributed by atoms with van der Waals surface area (Å²) in [6.07, 6.45) is 0. The molecule has 0 radical (unpaired) electrons. The first-order valence-electron chi connectivity index (χ1n) is 19.2. The normalized spacial score (nSPS) is 11.2. The zero-order chi connectivity index (χ0) is 37.3. The molecule has 56 heavy (non-hydrogen) atoms. The van der Waals surface area contributed by atoms with Gasteiger partial charge in [0.25, 0.3) is 0 Å². The molecule has 1 aromatic heterocycles. The second-order valence-corrected chi connectivity index (χ2v) is 14.2. The summed E-state index contributed by atoms with van der Waals surface area (Å²) in [5.74, 6) is 0. The zero-order valence-corrected chi connectivity index (χ0v) is 30.8. The van der Waals surface area contributed by atoms with E-state index in [9.17, 15) is 0 Å². The maximum atomic E-state index is 2.38. The molecule has 0 unspecified atom stereocenters. The quantitative estimate of drug-likeness (QED) is 0.152. The van der Waals surface area contributed by atoms with Crippen LogP contribution in [0.1, 0.15) is 0 Å².